The Hall–Kier alpha value is -0.125. The summed E-state index contributed by atoms with van der Waals surface area (Å²) in [5.41, 5.74) is 5.71. The lowest BCUT2D eigenvalue weighted by molar-refractivity contribution is 0.425. The summed E-state index contributed by atoms with van der Waals surface area (Å²) in [5.74, 6) is 0.179. The largest absolute Gasteiger partial charge is 0.449 e. The first-order valence-corrected chi connectivity index (χ1v) is 5.19. The van der Waals surface area contributed by atoms with Crippen molar-refractivity contribution in [3.05, 3.63) is 0 Å². The minimum absolute atomic E-state index is 0.0886. The second kappa shape index (κ2) is 4.40. The molecule has 0 amide bonds. The summed E-state index contributed by atoms with van der Waals surface area (Å²) in [6, 6.07) is -0.0886. The summed E-state index contributed by atoms with van der Waals surface area (Å²) >= 11 is 5.22. The fourth-order valence-electron chi connectivity index (χ4n) is 1.83. The number of thiocarbonyl (C=S) groups is 1. The molecular formula is C8H17BN2OS. The zero-order valence-electron chi connectivity index (χ0n) is 8.23. The highest BCUT2D eigenvalue weighted by molar-refractivity contribution is 7.80. The van der Waals surface area contributed by atoms with E-state index in [4.69, 9.17) is 18.0 Å². The lowest BCUT2D eigenvalue weighted by Gasteiger charge is -2.29. The molecule has 0 aromatic heterocycles. The van der Waals surface area contributed by atoms with Gasteiger partial charge in [0.25, 0.3) is 0 Å². The first-order chi connectivity index (χ1) is 6.04. The van der Waals surface area contributed by atoms with E-state index in [-0.39, 0.29) is 18.9 Å². The number of likely N-dealkylation sites (tertiary alicyclic amines) is 1. The average molecular weight is 200 g/mol. The summed E-state index contributed by atoms with van der Waals surface area (Å²) in [4.78, 5) is 2.86. The molecule has 0 spiro atoms. The van der Waals surface area contributed by atoms with Crippen molar-refractivity contribution in [2.75, 3.05) is 6.54 Å². The number of hydrogen-bond donors (Lipinski definition) is 2. The average Bonchev–Trinajstić information content (AvgIpc) is 2.50. The van der Waals surface area contributed by atoms with Crippen LogP contribution >= 0.6 is 12.2 Å². The quantitative estimate of drug-likeness (QED) is 0.496. The molecule has 0 bridgehead atoms. The van der Waals surface area contributed by atoms with E-state index in [2.05, 4.69) is 4.90 Å². The van der Waals surface area contributed by atoms with Crippen LogP contribution in [-0.2, 0) is 0 Å². The van der Waals surface area contributed by atoms with Gasteiger partial charge in [0, 0.05) is 12.5 Å². The smallest absolute Gasteiger partial charge is 0.309 e. The second-order valence-corrected chi connectivity index (χ2v) is 4.19. The van der Waals surface area contributed by atoms with Gasteiger partial charge in [-0.05, 0) is 19.8 Å². The Balaban J connectivity index is 2.63. The van der Waals surface area contributed by atoms with Crippen LogP contribution in [0.15, 0.2) is 0 Å². The minimum atomic E-state index is -0.320. The maximum Gasteiger partial charge on any atom is 0.309 e. The Morgan fingerprint density at radius 2 is 2.38 bits per heavy atom. The molecule has 3 nitrogen and oxygen atoms in total. The normalized spacial score (nSPS) is 24.6. The lowest BCUT2D eigenvalue weighted by Crippen LogP contribution is -2.48. The van der Waals surface area contributed by atoms with Gasteiger partial charge >= 0.3 is 6.92 Å². The topological polar surface area (TPSA) is 49.5 Å². The molecule has 2 atom stereocenters. The van der Waals surface area contributed by atoms with E-state index < -0.39 is 0 Å². The molecule has 3 N–H and O–H groups in total. The van der Waals surface area contributed by atoms with Crippen LogP contribution in [0.3, 0.4) is 0 Å². The van der Waals surface area contributed by atoms with Crippen LogP contribution < -0.4 is 5.73 Å². The number of hydrogen-bond acceptors (Lipinski definition) is 3. The highest BCUT2D eigenvalue weighted by Crippen LogP contribution is 2.20. The molecule has 0 unspecified atom stereocenters. The van der Waals surface area contributed by atoms with E-state index in [0.29, 0.717) is 0 Å². The van der Waals surface area contributed by atoms with E-state index in [1.165, 1.54) is 0 Å². The van der Waals surface area contributed by atoms with Crippen molar-refractivity contribution in [3.8, 4) is 0 Å². The predicted molar refractivity (Wildman–Crippen MR) is 59.8 cm³/mol. The lowest BCUT2D eigenvalue weighted by atomic mass is 9.62. The van der Waals surface area contributed by atoms with Gasteiger partial charge in [-0.15, -0.1) is 0 Å². The van der Waals surface area contributed by atoms with Crippen molar-refractivity contribution in [2.45, 2.75) is 38.6 Å². The molecule has 1 fully saturated rings. The third kappa shape index (κ3) is 2.42. The van der Waals surface area contributed by atoms with E-state index >= 15 is 0 Å². The molecule has 1 rings (SSSR count). The summed E-state index contributed by atoms with van der Waals surface area (Å²) in [5, 5.41) is 9.51. The molecule has 0 aromatic carbocycles. The molecule has 1 aliphatic heterocycles. The third-order valence-electron chi connectivity index (χ3n) is 2.53. The Labute approximate surface area is 85.4 Å². The van der Waals surface area contributed by atoms with E-state index in [1.54, 1.807) is 0 Å². The van der Waals surface area contributed by atoms with Crippen LogP contribution in [0.1, 0.15) is 19.8 Å². The van der Waals surface area contributed by atoms with Crippen molar-refractivity contribution in [1.82, 2.24) is 4.90 Å². The fraction of sp³-hybridized carbons (Fsp3) is 0.875. The molecule has 0 aliphatic carbocycles. The van der Waals surface area contributed by atoms with Crippen LogP contribution in [0.5, 0.6) is 0 Å². The molecule has 1 heterocycles. The summed E-state index contributed by atoms with van der Waals surface area (Å²) in [6.45, 7) is 4.32. The molecule has 0 saturated carbocycles. The van der Waals surface area contributed by atoms with Gasteiger partial charge < -0.3 is 15.7 Å². The maximum atomic E-state index is 9.51. The zero-order valence-corrected chi connectivity index (χ0v) is 9.05. The van der Waals surface area contributed by atoms with Gasteiger partial charge in [0.15, 0.2) is 0 Å². The van der Waals surface area contributed by atoms with Crippen molar-refractivity contribution in [1.29, 1.82) is 0 Å². The van der Waals surface area contributed by atoms with Gasteiger partial charge in [0.2, 0.25) is 0 Å². The van der Waals surface area contributed by atoms with E-state index in [9.17, 15) is 5.02 Å². The van der Waals surface area contributed by atoms with E-state index in [1.807, 2.05) is 13.7 Å². The standard InChI is InChI=1S/C8H17BN2OS/c1-6(10)8(13)11-5-3-4-7(11)9(2)12/h6-7,12H,3-5,10H2,1-2H3/t6-,7-/m0/s1. The van der Waals surface area contributed by atoms with Gasteiger partial charge in [-0.3, -0.25) is 0 Å². The summed E-state index contributed by atoms with van der Waals surface area (Å²) in [7, 11) is 0. The van der Waals surface area contributed by atoms with Gasteiger partial charge in [-0.1, -0.05) is 19.0 Å². The number of rotatable bonds is 2. The molecular weight excluding hydrogens is 183 g/mol. The van der Waals surface area contributed by atoms with Crippen molar-refractivity contribution >= 4 is 24.1 Å². The van der Waals surface area contributed by atoms with Crippen molar-refractivity contribution in [3.63, 3.8) is 0 Å². The monoisotopic (exact) mass is 200 g/mol. The van der Waals surface area contributed by atoms with Crippen LogP contribution in [0.4, 0.5) is 0 Å². The Kier molecular flexibility index (Phi) is 3.70. The third-order valence-corrected chi connectivity index (χ3v) is 3.13. The van der Waals surface area contributed by atoms with Gasteiger partial charge in [0.05, 0.1) is 11.0 Å². The van der Waals surface area contributed by atoms with Crippen molar-refractivity contribution < 1.29 is 5.02 Å². The molecule has 0 radical (unpaired) electrons. The van der Waals surface area contributed by atoms with Crippen LogP contribution in [0.2, 0.25) is 6.82 Å². The molecule has 5 heteroatoms. The first kappa shape index (κ1) is 11.0. The molecule has 13 heavy (non-hydrogen) atoms. The summed E-state index contributed by atoms with van der Waals surface area (Å²) < 4.78 is 0. The second-order valence-electron chi connectivity index (χ2n) is 3.77. The predicted octanol–water partition coefficient (Wildman–Crippen LogP) is 0.278. The number of nitrogens with two attached hydrogens (primary N) is 1. The van der Waals surface area contributed by atoms with Crippen molar-refractivity contribution in [2.24, 2.45) is 5.73 Å². The molecule has 1 aliphatic rings. The van der Waals surface area contributed by atoms with Gasteiger partial charge in [-0.2, -0.15) is 0 Å². The molecule has 0 aromatic rings. The van der Waals surface area contributed by atoms with Crippen LogP contribution in [-0.4, -0.2) is 40.4 Å². The first-order valence-electron chi connectivity index (χ1n) is 4.78. The SMILES string of the molecule is CB(O)[C@@H]1CCCN1C(=S)[C@H](C)N. The van der Waals surface area contributed by atoms with Gasteiger partial charge in [0.1, 0.15) is 0 Å². The summed E-state index contributed by atoms with van der Waals surface area (Å²) in [6.07, 6.45) is 2.12. The zero-order chi connectivity index (χ0) is 10.0. The number of nitrogens with zero attached hydrogens (tertiary/aromatic N) is 1. The maximum absolute atomic E-state index is 9.51. The molecule has 74 valence electrons. The Bertz CT molecular complexity index is 199. The van der Waals surface area contributed by atoms with E-state index in [0.717, 1.165) is 24.4 Å². The van der Waals surface area contributed by atoms with Crippen LogP contribution in [0, 0.1) is 0 Å². The Morgan fingerprint density at radius 1 is 1.77 bits per heavy atom. The highest BCUT2D eigenvalue weighted by atomic mass is 32.1. The van der Waals surface area contributed by atoms with Gasteiger partial charge in [-0.25, -0.2) is 0 Å². The highest BCUT2D eigenvalue weighted by Gasteiger charge is 2.32. The molecule has 1 saturated heterocycles. The minimum Gasteiger partial charge on any atom is -0.449 e. The Morgan fingerprint density at radius 3 is 2.85 bits per heavy atom. The fourth-order valence-corrected chi connectivity index (χ4v) is 2.06. The van der Waals surface area contributed by atoms with Crippen LogP contribution in [0.25, 0.3) is 0 Å².